The van der Waals surface area contributed by atoms with Gasteiger partial charge in [0.25, 0.3) is 0 Å². The van der Waals surface area contributed by atoms with Gasteiger partial charge in [0.1, 0.15) is 6.17 Å². The fourth-order valence-electron chi connectivity index (χ4n) is 8.45. The third-order valence-corrected chi connectivity index (χ3v) is 11.5. The van der Waals surface area contributed by atoms with E-state index in [2.05, 4.69) is 187 Å². The van der Waals surface area contributed by atoms with Crippen molar-refractivity contribution in [2.45, 2.75) is 32.4 Å². The monoisotopic (exact) mass is 776 g/mol. The van der Waals surface area contributed by atoms with Crippen LogP contribution in [0.15, 0.2) is 188 Å². The first-order valence-electron chi connectivity index (χ1n) is 20.7. The number of allylic oxidation sites excluding steroid dienone is 4. The number of para-hydroxylation sites is 3. The molecule has 10 rings (SSSR count). The number of nitrogen functional groups attached to an aromatic ring is 1. The molecule has 7 aromatic carbocycles. The molecule has 1 aliphatic heterocycles. The summed E-state index contributed by atoms with van der Waals surface area (Å²) in [5, 5.41) is 3.72. The van der Waals surface area contributed by atoms with E-state index in [0.29, 0.717) is 23.2 Å². The van der Waals surface area contributed by atoms with Crippen molar-refractivity contribution in [3.05, 3.63) is 194 Å². The summed E-state index contributed by atoms with van der Waals surface area (Å²) in [6.07, 6.45) is 9.31. The molecular weight excluding hydrogens is 733 g/mol. The Morgan fingerprint density at radius 3 is 1.83 bits per heavy atom. The van der Waals surface area contributed by atoms with Gasteiger partial charge in [-0.25, -0.2) is 15.0 Å². The van der Waals surface area contributed by atoms with Crippen LogP contribution in [-0.4, -0.2) is 21.1 Å². The number of nitrogens with one attached hydrogen (secondary N) is 1. The van der Waals surface area contributed by atoms with Crippen LogP contribution in [0.4, 0.5) is 22.7 Å². The standard InChI is InChI=1S/C54H44N6/c1-2-51-56-48-26-13-15-28-50(48)60(51)49-27-14-12-25-45(49)40-29-30-47(55)46(35-40)39-23-16-24-41(31-39)53-57-52(38-21-10-5-11-22-38)58-54(59-53)44-33-42(36-17-6-3-7-18-36)32-43(34-44)37-19-8-4-9-20-37/h3-10,12-21,23-35,51,56H,2,11,22,55H2,1H3. The minimum Gasteiger partial charge on any atom is -0.398 e. The minimum absolute atomic E-state index is 0.148. The zero-order chi connectivity index (χ0) is 40.4. The Labute approximate surface area is 351 Å². The van der Waals surface area contributed by atoms with E-state index in [1.807, 2.05) is 18.2 Å². The number of hydrogen-bond acceptors (Lipinski definition) is 6. The molecule has 1 atom stereocenters. The van der Waals surface area contributed by atoms with Crippen molar-refractivity contribution in [1.82, 2.24) is 15.0 Å². The Morgan fingerprint density at radius 1 is 0.533 bits per heavy atom. The lowest BCUT2D eigenvalue weighted by atomic mass is 9.95. The first kappa shape index (κ1) is 36.7. The van der Waals surface area contributed by atoms with E-state index < -0.39 is 0 Å². The van der Waals surface area contributed by atoms with Gasteiger partial charge in [0.15, 0.2) is 17.5 Å². The van der Waals surface area contributed by atoms with Gasteiger partial charge in [-0.3, -0.25) is 0 Å². The van der Waals surface area contributed by atoms with Crippen LogP contribution < -0.4 is 16.0 Å². The molecule has 0 bridgehead atoms. The summed E-state index contributed by atoms with van der Waals surface area (Å²) in [6, 6.07) is 59.6. The highest BCUT2D eigenvalue weighted by Crippen LogP contribution is 2.45. The molecule has 8 aromatic rings. The van der Waals surface area contributed by atoms with E-state index in [0.717, 1.165) is 91.8 Å². The largest absolute Gasteiger partial charge is 0.398 e. The van der Waals surface area contributed by atoms with E-state index in [9.17, 15) is 0 Å². The molecule has 290 valence electrons. The Morgan fingerprint density at radius 2 is 1.12 bits per heavy atom. The van der Waals surface area contributed by atoms with Crippen LogP contribution in [0.3, 0.4) is 0 Å². The molecular formula is C54H44N6. The van der Waals surface area contributed by atoms with E-state index in [1.165, 1.54) is 5.69 Å². The number of rotatable bonds is 9. The third kappa shape index (κ3) is 7.13. The quantitative estimate of drug-likeness (QED) is 0.142. The molecule has 2 aliphatic rings. The predicted octanol–water partition coefficient (Wildman–Crippen LogP) is 13.5. The zero-order valence-electron chi connectivity index (χ0n) is 33.5. The molecule has 0 amide bonds. The molecule has 3 N–H and O–H groups in total. The summed E-state index contributed by atoms with van der Waals surface area (Å²) in [5.41, 5.74) is 22.6. The number of benzene rings is 7. The molecule has 0 radical (unpaired) electrons. The lowest BCUT2D eigenvalue weighted by Gasteiger charge is -2.28. The smallest absolute Gasteiger partial charge is 0.164 e. The molecule has 2 heterocycles. The van der Waals surface area contributed by atoms with Gasteiger partial charge in [-0.15, -0.1) is 0 Å². The fourth-order valence-corrected chi connectivity index (χ4v) is 8.45. The van der Waals surface area contributed by atoms with Crippen LogP contribution in [0.2, 0.25) is 0 Å². The van der Waals surface area contributed by atoms with Gasteiger partial charge in [-0.1, -0.05) is 140 Å². The molecule has 1 aromatic heterocycles. The number of nitrogens with two attached hydrogens (primary N) is 1. The number of aromatic nitrogens is 3. The summed E-state index contributed by atoms with van der Waals surface area (Å²) in [5.74, 6) is 1.94. The van der Waals surface area contributed by atoms with Crippen molar-refractivity contribution < 1.29 is 0 Å². The Bertz CT molecular complexity index is 2860. The van der Waals surface area contributed by atoms with Crippen LogP contribution in [0.1, 0.15) is 32.0 Å². The predicted molar refractivity (Wildman–Crippen MR) is 249 cm³/mol. The topological polar surface area (TPSA) is 80.0 Å². The van der Waals surface area contributed by atoms with Crippen LogP contribution in [0, 0.1) is 0 Å². The molecule has 0 saturated heterocycles. The first-order chi connectivity index (χ1) is 29.6. The maximum atomic E-state index is 6.83. The number of anilines is 4. The molecule has 60 heavy (non-hydrogen) atoms. The van der Waals surface area contributed by atoms with Crippen molar-refractivity contribution in [1.29, 1.82) is 0 Å². The molecule has 6 heteroatoms. The van der Waals surface area contributed by atoms with Crippen LogP contribution in [0.5, 0.6) is 0 Å². The second kappa shape index (κ2) is 16.0. The van der Waals surface area contributed by atoms with Gasteiger partial charge in [0.2, 0.25) is 0 Å². The van der Waals surface area contributed by atoms with E-state index in [-0.39, 0.29) is 6.17 Å². The van der Waals surface area contributed by atoms with Gasteiger partial charge < -0.3 is 16.0 Å². The molecule has 0 fully saturated rings. The number of hydrogen-bond donors (Lipinski definition) is 2. The minimum atomic E-state index is 0.148. The maximum Gasteiger partial charge on any atom is 0.164 e. The highest BCUT2D eigenvalue weighted by molar-refractivity contribution is 5.92. The Balaban J connectivity index is 1.08. The van der Waals surface area contributed by atoms with Crippen molar-refractivity contribution in [2.75, 3.05) is 16.0 Å². The van der Waals surface area contributed by atoms with Crippen LogP contribution >= 0.6 is 0 Å². The summed E-state index contributed by atoms with van der Waals surface area (Å²) in [6.45, 7) is 2.22. The fraction of sp³-hybridized carbons (Fsp3) is 0.0926. The molecule has 0 saturated carbocycles. The average molecular weight is 777 g/mol. The lowest BCUT2D eigenvalue weighted by Crippen LogP contribution is -2.31. The van der Waals surface area contributed by atoms with Crippen molar-refractivity contribution in [3.8, 4) is 67.3 Å². The molecule has 0 spiro atoms. The molecule has 1 aliphatic carbocycles. The van der Waals surface area contributed by atoms with Crippen molar-refractivity contribution >= 4 is 28.3 Å². The van der Waals surface area contributed by atoms with E-state index >= 15 is 0 Å². The van der Waals surface area contributed by atoms with Crippen LogP contribution in [-0.2, 0) is 0 Å². The number of fused-ring (bicyclic) bond motifs is 1. The average Bonchev–Trinajstić information content (AvgIpc) is 3.71. The van der Waals surface area contributed by atoms with Crippen LogP contribution in [0.25, 0.3) is 72.9 Å². The zero-order valence-corrected chi connectivity index (χ0v) is 33.5. The lowest BCUT2D eigenvalue weighted by molar-refractivity contribution is 0.729. The van der Waals surface area contributed by atoms with Gasteiger partial charge in [0.05, 0.1) is 17.1 Å². The summed E-state index contributed by atoms with van der Waals surface area (Å²) in [7, 11) is 0. The highest BCUT2D eigenvalue weighted by Gasteiger charge is 2.30. The van der Waals surface area contributed by atoms with Gasteiger partial charge in [-0.05, 0) is 113 Å². The van der Waals surface area contributed by atoms with Crippen molar-refractivity contribution in [2.24, 2.45) is 0 Å². The summed E-state index contributed by atoms with van der Waals surface area (Å²) in [4.78, 5) is 18.0. The highest BCUT2D eigenvalue weighted by atomic mass is 15.3. The van der Waals surface area contributed by atoms with Crippen molar-refractivity contribution in [3.63, 3.8) is 0 Å². The first-order valence-corrected chi connectivity index (χ1v) is 20.7. The SMILES string of the molecule is CCC1Nc2ccccc2N1c1ccccc1-c1ccc(N)c(-c2cccc(-c3nc(C4=CC=CCC4)nc(-c4cc(-c5ccccc5)cc(-c5ccccc5)c4)n3)c2)c1. The molecule has 6 nitrogen and oxygen atoms in total. The Hall–Kier alpha value is -7.57. The number of nitrogens with zero attached hydrogens (tertiary/aromatic N) is 4. The summed E-state index contributed by atoms with van der Waals surface area (Å²) >= 11 is 0. The normalized spacial score (nSPS) is 14.4. The summed E-state index contributed by atoms with van der Waals surface area (Å²) < 4.78 is 0. The Kier molecular flexibility index (Phi) is 9.80. The second-order valence-corrected chi connectivity index (χ2v) is 15.4. The third-order valence-electron chi connectivity index (χ3n) is 11.5. The molecule has 1 unspecified atom stereocenters. The van der Waals surface area contributed by atoms with E-state index in [1.54, 1.807) is 0 Å². The van der Waals surface area contributed by atoms with Gasteiger partial charge in [-0.2, -0.15) is 0 Å². The maximum absolute atomic E-state index is 6.83. The second-order valence-electron chi connectivity index (χ2n) is 15.4. The van der Waals surface area contributed by atoms with Gasteiger partial charge in [0, 0.05) is 27.9 Å². The van der Waals surface area contributed by atoms with Gasteiger partial charge >= 0.3 is 0 Å². The van der Waals surface area contributed by atoms with E-state index in [4.69, 9.17) is 20.7 Å².